The highest BCUT2D eigenvalue weighted by molar-refractivity contribution is 5.82. The Morgan fingerprint density at radius 1 is 0.976 bits per heavy atom. The Morgan fingerprint density at radius 3 is 2.17 bits per heavy atom. The van der Waals surface area contributed by atoms with Gasteiger partial charge in [0, 0.05) is 26.6 Å². The molecule has 2 aromatic rings. The van der Waals surface area contributed by atoms with Crippen LogP contribution in [0.1, 0.15) is 64.6 Å². The highest BCUT2D eigenvalue weighted by Crippen LogP contribution is 2.32. The van der Waals surface area contributed by atoms with Crippen LogP contribution in [0.5, 0.6) is 0 Å². The van der Waals surface area contributed by atoms with Crippen LogP contribution in [-0.4, -0.2) is 67.5 Å². The van der Waals surface area contributed by atoms with Gasteiger partial charge in [0.15, 0.2) is 0 Å². The number of methoxy groups -OCH3 is 2. The van der Waals surface area contributed by atoms with Crippen LogP contribution >= 0.6 is 0 Å². The summed E-state index contributed by atoms with van der Waals surface area (Å²) in [7, 11) is 3.17. The number of likely N-dealkylation sites (tertiary alicyclic amines) is 1. The fourth-order valence-electron chi connectivity index (χ4n) is 5.44. The third-order valence-corrected chi connectivity index (χ3v) is 7.66. The van der Waals surface area contributed by atoms with Gasteiger partial charge in [-0.2, -0.15) is 0 Å². The molecule has 6 atom stereocenters. The van der Waals surface area contributed by atoms with Crippen LogP contribution in [-0.2, 0) is 30.3 Å². The van der Waals surface area contributed by atoms with Gasteiger partial charge in [-0.05, 0) is 44.2 Å². The van der Waals surface area contributed by atoms with Gasteiger partial charge in [0.2, 0.25) is 0 Å². The Kier molecular flexibility index (Phi) is 11.9. The van der Waals surface area contributed by atoms with Crippen molar-refractivity contribution in [3.05, 3.63) is 71.8 Å². The van der Waals surface area contributed by atoms with Crippen molar-refractivity contribution in [2.45, 2.75) is 84.0 Å². The summed E-state index contributed by atoms with van der Waals surface area (Å²) >= 11 is 0. The van der Waals surface area contributed by atoms with Gasteiger partial charge in [-0.15, -0.1) is 0 Å². The van der Waals surface area contributed by atoms with E-state index in [1.54, 1.807) is 19.1 Å². The number of nitrogens with one attached hydrogen (secondary N) is 1. The summed E-state index contributed by atoms with van der Waals surface area (Å²) < 4.78 is 22.6. The Bertz CT molecular complexity index is 1150. The summed E-state index contributed by atoms with van der Waals surface area (Å²) in [6.07, 6.45) is -1.04. The topological polar surface area (TPSA) is 103 Å². The third kappa shape index (κ3) is 9.29. The minimum atomic E-state index is -0.659. The first-order valence-corrected chi connectivity index (χ1v) is 14.5. The number of nitrogens with zero attached hydrogens (tertiary/aromatic N) is 1. The van der Waals surface area contributed by atoms with Gasteiger partial charge in [-0.3, -0.25) is 9.69 Å². The highest BCUT2D eigenvalue weighted by atomic mass is 16.6. The second-order valence-electron chi connectivity index (χ2n) is 12.0. The molecular weight excluding hydrogens is 536 g/mol. The van der Waals surface area contributed by atoms with Crippen molar-refractivity contribution in [1.29, 1.82) is 0 Å². The zero-order valence-electron chi connectivity index (χ0n) is 25.9. The number of ether oxygens (including phenoxy) is 4. The number of alkyl carbamates (subject to hydrolysis) is 1. The molecule has 2 aromatic carbocycles. The lowest BCUT2D eigenvalue weighted by Crippen LogP contribution is -2.49. The van der Waals surface area contributed by atoms with E-state index in [1.807, 2.05) is 95.3 Å². The second kappa shape index (κ2) is 15.2. The molecule has 0 spiro atoms. The zero-order valence-corrected chi connectivity index (χ0v) is 25.9. The molecule has 0 aromatic heterocycles. The molecule has 0 radical (unpaired) electrons. The van der Waals surface area contributed by atoms with E-state index in [-0.39, 0.29) is 36.9 Å². The summed E-state index contributed by atoms with van der Waals surface area (Å²) in [4.78, 5) is 41.2. The van der Waals surface area contributed by atoms with E-state index >= 15 is 0 Å². The molecule has 1 saturated heterocycles. The van der Waals surface area contributed by atoms with Crippen LogP contribution < -0.4 is 5.32 Å². The minimum Gasteiger partial charge on any atom is -0.445 e. The highest BCUT2D eigenvalue weighted by Gasteiger charge is 2.45. The summed E-state index contributed by atoms with van der Waals surface area (Å²) in [5, 5.41) is 2.97. The van der Waals surface area contributed by atoms with Crippen molar-refractivity contribution >= 4 is 18.0 Å². The molecule has 0 aliphatic carbocycles. The van der Waals surface area contributed by atoms with Crippen molar-refractivity contribution in [1.82, 2.24) is 10.2 Å². The molecule has 1 unspecified atom stereocenters. The minimum absolute atomic E-state index is 0.0280. The maximum absolute atomic E-state index is 13.7. The van der Waals surface area contributed by atoms with E-state index in [1.165, 1.54) is 0 Å². The molecule has 0 saturated carbocycles. The fraction of sp³-hybridized carbons (Fsp3) is 0.545. The largest absolute Gasteiger partial charge is 0.445 e. The maximum atomic E-state index is 13.7. The molecule has 1 N–H and O–H groups in total. The molecule has 3 rings (SSSR count). The average molecular weight is 583 g/mol. The number of hydrogen-bond donors (Lipinski definition) is 1. The normalized spacial score (nSPS) is 19.8. The van der Waals surface area contributed by atoms with Crippen LogP contribution in [0.3, 0.4) is 0 Å². The van der Waals surface area contributed by atoms with Crippen LogP contribution in [0.25, 0.3) is 0 Å². The molecule has 0 bridgehead atoms. The Hall–Kier alpha value is -3.43. The first-order chi connectivity index (χ1) is 19.9. The van der Waals surface area contributed by atoms with Gasteiger partial charge in [-0.25, -0.2) is 9.59 Å². The van der Waals surface area contributed by atoms with E-state index in [2.05, 4.69) is 5.32 Å². The van der Waals surface area contributed by atoms with Gasteiger partial charge in [-0.1, -0.05) is 74.5 Å². The lowest BCUT2D eigenvalue weighted by molar-refractivity contribution is -0.129. The Labute approximate surface area is 249 Å². The number of carbonyl (C=O) groups is 3. The molecule has 2 amide bonds. The smallest absolute Gasteiger partial charge is 0.410 e. The average Bonchev–Trinajstić information content (AvgIpc) is 3.39. The van der Waals surface area contributed by atoms with Gasteiger partial charge in [0.25, 0.3) is 0 Å². The first-order valence-electron chi connectivity index (χ1n) is 14.5. The fourth-order valence-corrected chi connectivity index (χ4v) is 5.44. The Morgan fingerprint density at radius 2 is 1.60 bits per heavy atom. The lowest BCUT2D eigenvalue weighted by Gasteiger charge is -2.35. The van der Waals surface area contributed by atoms with Gasteiger partial charge >= 0.3 is 12.2 Å². The van der Waals surface area contributed by atoms with Crippen molar-refractivity contribution in [3.63, 3.8) is 0 Å². The predicted octanol–water partition coefficient (Wildman–Crippen LogP) is 5.92. The lowest BCUT2D eigenvalue weighted by atomic mass is 9.84. The quantitative estimate of drug-likeness (QED) is 0.331. The number of benzene rings is 2. The number of ketones is 1. The number of rotatable bonds is 12. The Balaban J connectivity index is 1.71. The summed E-state index contributed by atoms with van der Waals surface area (Å²) in [6.45, 7) is 9.73. The maximum Gasteiger partial charge on any atom is 0.410 e. The molecular formula is C33H46N2O7. The molecule has 42 heavy (non-hydrogen) atoms. The number of carbonyl (C=O) groups excluding carboxylic acids is 3. The summed E-state index contributed by atoms with van der Waals surface area (Å²) in [5.74, 6) is -0.800. The number of hydrogen-bond acceptors (Lipinski definition) is 7. The van der Waals surface area contributed by atoms with Crippen LogP contribution in [0.4, 0.5) is 9.59 Å². The molecule has 230 valence electrons. The summed E-state index contributed by atoms with van der Waals surface area (Å²) in [5.41, 5.74) is 1.10. The molecule has 9 heteroatoms. The third-order valence-electron chi connectivity index (χ3n) is 7.66. The van der Waals surface area contributed by atoms with Crippen LogP contribution in [0, 0.1) is 11.8 Å². The van der Waals surface area contributed by atoms with Crippen LogP contribution in [0.15, 0.2) is 60.7 Å². The van der Waals surface area contributed by atoms with Crippen molar-refractivity contribution in [2.75, 3.05) is 20.8 Å². The van der Waals surface area contributed by atoms with Gasteiger partial charge < -0.3 is 24.3 Å². The second-order valence-corrected chi connectivity index (χ2v) is 12.0. The number of Topliss-reactive ketones (excluding diaryl/α,β-unsaturated/α-hetero) is 1. The van der Waals surface area contributed by atoms with Gasteiger partial charge in [0.1, 0.15) is 18.0 Å². The van der Waals surface area contributed by atoms with E-state index in [4.69, 9.17) is 18.9 Å². The van der Waals surface area contributed by atoms with E-state index in [0.717, 1.165) is 11.1 Å². The molecule has 9 nitrogen and oxygen atoms in total. The van der Waals surface area contributed by atoms with E-state index < -0.39 is 35.9 Å². The zero-order chi connectivity index (χ0) is 30.9. The van der Waals surface area contributed by atoms with Crippen LogP contribution in [0.2, 0.25) is 0 Å². The van der Waals surface area contributed by atoms with E-state index in [9.17, 15) is 14.4 Å². The molecule has 1 aliphatic rings. The first kappa shape index (κ1) is 33.1. The standard InChI is InChI=1S/C33H46N2O7/c1-22(29(25-16-12-9-13-17-25)34-31(37)41-21-24-14-10-8-11-15-24)18-28(36)23(2)30(40-7)27-19-26(39-6)20-35(27)32(38)42-33(3,4)5/h8-17,22-23,26-27,29-30H,18-21H2,1-7H3,(H,34,37)/t22-,23+,26-,27+,29?,30-/m1/s1. The SMILES string of the molecule is CO[C@@H]1C[C@@H]([C@H](OC)[C@@H](C)C(=O)C[C@@H](C)C(NC(=O)OCc2ccccc2)c2ccccc2)N(C(=O)OC(C)(C)C)C1. The van der Waals surface area contributed by atoms with Gasteiger partial charge in [0.05, 0.1) is 30.8 Å². The van der Waals surface area contributed by atoms with Crippen molar-refractivity contribution < 1.29 is 33.3 Å². The number of amides is 2. The monoisotopic (exact) mass is 582 g/mol. The molecule has 1 aliphatic heterocycles. The van der Waals surface area contributed by atoms with E-state index in [0.29, 0.717) is 13.0 Å². The molecule has 1 heterocycles. The summed E-state index contributed by atoms with van der Waals surface area (Å²) in [6, 6.07) is 18.2. The predicted molar refractivity (Wildman–Crippen MR) is 160 cm³/mol. The molecule has 1 fully saturated rings. The van der Waals surface area contributed by atoms with Crippen molar-refractivity contribution in [3.8, 4) is 0 Å². The van der Waals surface area contributed by atoms with Crippen molar-refractivity contribution in [2.24, 2.45) is 11.8 Å².